The molecule has 1 fully saturated rings. The maximum atomic E-state index is 12.7. The van der Waals surface area contributed by atoms with E-state index in [2.05, 4.69) is 53.2 Å². The van der Waals surface area contributed by atoms with E-state index in [9.17, 15) is 4.79 Å². The highest BCUT2D eigenvalue weighted by molar-refractivity contribution is 5.97. The van der Waals surface area contributed by atoms with Gasteiger partial charge in [0.1, 0.15) is 5.75 Å². The highest BCUT2D eigenvalue weighted by Crippen LogP contribution is 2.48. The Balaban J connectivity index is 1.59. The van der Waals surface area contributed by atoms with Gasteiger partial charge in [-0.1, -0.05) is 43.7 Å². The van der Waals surface area contributed by atoms with Crippen LogP contribution >= 0.6 is 0 Å². The van der Waals surface area contributed by atoms with Crippen LogP contribution < -0.4 is 4.74 Å². The minimum atomic E-state index is -0.300. The monoisotopic (exact) mass is 474 g/mol. The predicted octanol–water partition coefficient (Wildman–Crippen LogP) is 5.49. The number of rotatable bonds is 6. The molecule has 1 N–H and O–H groups in total. The summed E-state index contributed by atoms with van der Waals surface area (Å²) < 4.78 is 16.5. The fraction of sp³-hybridized carbons (Fsp3) is 0.414. The van der Waals surface area contributed by atoms with Crippen LogP contribution in [0.1, 0.15) is 37.1 Å². The Hall–Kier alpha value is -3.25. The number of esters is 1. The number of piperidine rings is 1. The molecule has 5 rings (SSSR count). The summed E-state index contributed by atoms with van der Waals surface area (Å²) in [6, 6.07) is 14.9. The molecule has 1 saturated heterocycles. The summed E-state index contributed by atoms with van der Waals surface area (Å²) in [6.45, 7) is 4.15. The first-order valence-corrected chi connectivity index (χ1v) is 12.4. The molecule has 0 spiro atoms. The Kier molecular flexibility index (Phi) is 6.56. The Morgan fingerprint density at radius 2 is 1.94 bits per heavy atom. The molecular weight excluding hydrogens is 440 g/mol. The quantitative estimate of drug-likeness (QED) is 0.291. The van der Waals surface area contributed by atoms with Crippen LogP contribution in [0.3, 0.4) is 0 Å². The normalized spacial score (nSPS) is 22.4. The topological polar surface area (TPSA) is 63.8 Å². The second kappa shape index (κ2) is 9.78. The lowest BCUT2D eigenvalue weighted by atomic mass is 9.74. The van der Waals surface area contributed by atoms with Gasteiger partial charge < -0.3 is 19.2 Å². The van der Waals surface area contributed by atoms with E-state index in [1.54, 1.807) is 20.5 Å². The largest absolute Gasteiger partial charge is 0.504 e. The van der Waals surface area contributed by atoms with Crippen LogP contribution in [0.2, 0.25) is 0 Å². The van der Waals surface area contributed by atoms with Gasteiger partial charge in [-0.05, 0) is 47.9 Å². The number of nitrogens with zero attached hydrogens (tertiary/aromatic N) is 1. The molecule has 0 amide bonds. The van der Waals surface area contributed by atoms with E-state index < -0.39 is 0 Å². The third-order valence-corrected chi connectivity index (χ3v) is 7.87. The molecule has 35 heavy (non-hydrogen) atoms. The van der Waals surface area contributed by atoms with Gasteiger partial charge in [0.25, 0.3) is 0 Å². The van der Waals surface area contributed by atoms with Gasteiger partial charge in [0.2, 0.25) is 0 Å². The van der Waals surface area contributed by atoms with Gasteiger partial charge >= 0.3 is 5.97 Å². The highest BCUT2D eigenvalue weighted by Gasteiger charge is 2.42. The van der Waals surface area contributed by atoms with Gasteiger partial charge in [0, 0.05) is 35.2 Å². The van der Waals surface area contributed by atoms with Crippen molar-refractivity contribution >= 4 is 16.9 Å². The van der Waals surface area contributed by atoms with E-state index in [1.165, 1.54) is 23.8 Å². The van der Waals surface area contributed by atoms with E-state index >= 15 is 0 Å². The molecule has 2 aliphatic heterocycles. The summed E-state index contributed by atoms with van der Waals surface area (Å²) in [5.74, 6) is 1.07. The molecule has 0 radical (unpaired) electrons. The number of carbonyl (C=O) groups excluding carboxylic acids is 1. The molecule has 2 aromatic carbocycles. The summed E-state index contributed by atoms with van der Waals surface area (Å²) >= 11 is 0. The van der Waals surface area contributed by atoms with E-state index in [0.717, 1.165) is 54.7 Å². The third kappa shape index (κ3) is 4.00. The van der Waals surface area contributed by atoms with Crippen molar-refractivity contribution in [2.24, 2.45) is 11.8 Å². The Labute approximate surface area is 206 Å². The number of carbonyl (C=O) groups is 1. The molecule has 1 aromatic heterocycles. The zero-order chi connectivity index (χ0) is 24.5. The first-order valence-electron chi connectivity index (χ1n) is 12.4. The first kappa shape index (κ1) is 23.5. The van der Waals surface area contributed by atoms with Crippen molar-refractivity contribution in [2.45, 2.75) is 32.2 Å². The van der Waals surface area contributed by atoms with Crippen LogP contribution in [-0.4, -0.2) is 50.3 Å². The molecule has 3 aromatic rings. The molecule has 3 heterocycles. The zero-order valence-corrected chi connectivity index (χ0v) is 21.0. The number of hydrogen-bond acceptors (Lipinski definition) is 5. The number of aromatic amines is 1. The Bertz CT molecular complexity index is 1250. The minimum Gasteiger partial charge on any atom is -0.504 e. The van der Waals surface area contributed by atoms with Crippen molar-refractivity contribution in [3.63, 3.8) is 0 Å². The van der Waals surface area contributed by atoms with E-state index in [4.69, 9.17) is 14.2 Å². The maximum Gasteiger partial charge on any atom is 0.337 e. The molecule has 0 saturated carbocycles. The molecule has 6 nitrogen and oxygen atoms in total. The molecule has 0 bridgehead atoms. The maximum absolute atomic E-state index is 12.7. The number of nitrogens with one attached hydrogen (secondary N) is 1. The Morgan fingerprint density at radius 3 is 2.63 bits per heavy atom. The number of ether oxygens (including phenoxy) is 3. The van der Waals surface area contributed by atoms with Crippen molar-refractivity contribution in [1.29, 1.82) is 0 Å². The van der Waals surface area contributed by atoms with Crippen LogP contribution in [-0.2, 0) is 20.7 Å². The predicted molar refractivity (Wildman–Crippen MR) is 137 cm³/mol. The van der Waals surface area contributed by atoms with Crippen molar-refractivity contribution < 1.29 is 19.0 Å². The average molecular weight is 475 g/mol. The molecule has 1 unspecified atom stereocenters. The van der Waals surface area contributed by atoms with Crippen molar-refractivity contribution in [3.8, 4) is 16.9 Å². The lowest BCUT2D eigenvalue weighted by molar-refractivity contribution is -0.137. The van der Waals surface area contributed by atoms with Crippen LogP contribution in [0.25, 0.3) is 22.0 Å². The fourth-order valence-corrected chi connectivity index (χ4v) is 6.21. The number of benzene rings is 2. The lowest BCUT2D eigenvalue weighted by Gasteiger charge is -2.46. The van der Waals surface area contributed by atoms with Crippen LogP contribution in [0.4, 0.5) is 0 Å². The number of hydrogen-bond donors (Lipinski definition) is 1. The SMILES string of the molecule is CC[C@@H]1CN2CCc3c([nH]c4ccc(-c5ccccc5)c(OC)c34)C2C[C@@H]1/C(=C\OC)C(=O)OC. The first-order chi connectivity index (χ1) is 17.1. The van der Waals surface area contributed by atoms with E-state index in [-0.39, 0.29) is 17.9 Å². The molecular formula is C29H34N2O4. The van der Waals surface area contributed by atoms with Gasteiger partial charge in [-0.15, -0.1) is 0 Å². The number of aromatic nitrogens is 1. The highest BCUT2D eigenvalue weighted by atomic mass is 16.5. The number of H-pyrrole nitrogens is 1. The second-order valence-electron chi connectivity index (χ2n) is 9.52. The van der Waals surface area contributed by atoms with Crippen molar-refractivity contribution in [3.05, 3.63) is 65.6 Å². The summed E-state index contributed by atoms with van der Waals surface area (Å²) in [5.41, 5.74) is 6.57. The van der Waals surface area contributed by atoms with E-state index in [0.29, 0.717) is 11.5 Å². The molecule has 6 heteroatoms. The van der Waals surface area contributed by atoms with Gasteiger partial charge in [0.05, 0.1) is 39.2 Å². The standard InChI is InChI=1S/C29H34N2O4/c1-5-18-16-31-14-13-21-26-24(12-11-20(28(26)34-3)19-9-7-6-8-10-19)30-27(21)25(31)15-22(18)23(17-33-2)29(32)35-4/h6-12,17-18,22,25,30H,5,13-16H2,1-4H3/b23-17+/t18-,22+,25?/m1/s1. The molecule has 2 aliphatic rings. The van der Waals surface area contributed by atoms with Crippen molar-refractivity contribution in [2.75, 3.05) is 34.4 Å². The van der Waals surface area contributed by atoms with Crippen LogP contribution in [0, 0.1) is 11.8 Å². The summed E-state index contributed by atoms with van der Waals surface area (Å²) in [6.07, 6.45) is 4.40. The third-order valence-electron chi connectivity index (χ3n) is 7.87. The molecule has 0 aliphatic carbocycles. The number of methoxy groups -OCH3 is 3. The summed E-state index contributed by atoms with van der Waals surface area (Å²) in [5, 5.41) is 1.18. The lowest BCUT2D eigenvalue weighted by Crippen LogP contribution is -2.47. The average Bonchev–Trinajstić information content (AvgIpc) is 3.29. The van der Waals surface area contributed by atoms with Crippen LogP contribution in [0.5, 0.6) is 5.75 Å². The smallest absolute Gasteiger partial charge is 0.337 e. The zero-order valence-electron chi connectivity index (χ0n) is 21.0. The molecule has 3 atom stereocenters. The fourth-order valence-electron chi connectivity index (χ4n) is 6.21. The Morgan fingerprint density at radius 1 is 1.14 bits per heavy atom. The van der Waals surface area contributed by atoms with Crippen LogP contribution in [0.15, 0.2) is 54.3 Å². The van der Waals surface area contributed by atoms with Gasteiger partial charge in [0.15, 0.2) is 0 Å². The molecule has 184 valence electrons. The second-order valence-corrected chi connectivity index (χ2v) is 9.52. The van der Waals surface area contributed by atoms with Gasteiger partial charge in [-0.2, -0.15) is 0 Å². The summed E-state index contributed by atoms with van der Waals surface area (Å²) in [7, 11) is 4.79. The van der Waals surface area contributed by atoms with Crippen molar-refractivity contribution in [1.82, 2.24) is 9.88 Å². The minimum absolute atomic E-state index is 0.0767. The summed E-state index contributed by atoms with van der Waals surface area (Å²) in [4.78, 5) is 19.0. The van der Waals surface area contributed by atoms with Gasteiger partial charge in [-0.3, -0.25) is 4.90 Å². The van der Waals surface area contributed by atoms with Gasteiger partial charge in [-0.25, -0.2) is 4.79 Å². The van der Waals surface area contributed by atoms with E-state index in [1.807, 2.05) is 6.07 Å². The number of fused-ring (bicyclic) bond motifs is 5.